The lowest BCUT2D eigenvalue weighted by molar-refractivity contribution is 0.228. The van der Waals surface area contributed by atoms with Crippen LogP contribution in [-0.4, -0.2) is 48.5 Å². The molecule has 1 atom stereocenters. The Morgan fingerprint density at radius 1 is 1.28 bits per heavy atom. The number of aromatic nitrogens is 1. The molecular weight excluding hydrogens is 242 g/mol. The summed E-state index contributed by atoms with van der Waals surface area (Å²) in [6.07, 6.45) is 1.25. The van der Waals surface area contributed by atoms with E-state index in [0.717, 1.165) is 6.54 Å². The number of likely N-dealkylation sites (N-methyl/N-ethyl adjacent to an activating group) is 2. The minimum atomic E-state index is 0.157. The smallest absolute Gasteiger partial charge is 0.111 e. The van der Waals surface area contributed by atoms with E-state index in [1.165, 1.54) is 30.2 Å². The molecule has 102 valence electrons. The Labute approximate surface area is 115 Å². The van der Waals surface area contributed by atoms with Gasteiger partial charge in [0, 0.05) is 17.3 Å². The number of hydrogen-bond donors (Lipinski definition) is 0. The molecule has 0 bridgehead atoms. The highest BCUT2D eigenvalue weighted by Gasteiger charge is 2.26. The summed E-state index contributed by atoms with van der Waals surface area (Å²) >= 11 is 1.82. The van der Waals surface area contributed by atoms with Gasteiger partial charge in [0.2, 0.25) is 0 Å². The third-order valence-corrected chi connectivity index (χ3v) is 4.59. The van der Waals surface area contributed by atoms with Crippen LogP contribution in [0.5, 0.6) is 0 Å². The Morgan fingerprint density at radius 2 is 2.00 bits per heavy atom. The second-order valence-electron chi connectivity index (χ2n) is 6.43. The van der Waals surface area contributed by atoms with Gasteiger partial charge in [-0.25, -0.2) is 4.98 Å². The van der Waals surface area contributed by atoms with E-state index in [1.54, 1.807) is 0 Å². The van der Waals surface area contributed by atoms with Gasteiger partial charge in [0.05, 0.1) is 11.7 Å². The minimum absolute atomic E-state index is 0.157. The van der Waals surface area contributed by atoms with Crippen molar-refractivity contribution in [3.63, 3.8) is 0 Å². The molecule has 0 saturated carbocycles. The van der Waals surface area contributed by atoms with Crippen LogP contribution in [0.2, 0.25) is 0 Å². The molecule has 0 aromatic carbocycles. The van der Waals surface area contributed by atoms with Crippen molar-refractivity contribution in [2.24, 2.45) is 0 Å². The molecule has 0 aliphatic carbocycles. The molecular formula is C14H25N3S. The van der Waals surface area contributed by atoms with Crippen molar-refractivity contribution in [1.82, 2.24) is 14.8 Å². The zero-order chi connectivity index (χ0) is 13.3. The van der Waals surface area contributed by atoms with Gasteiger partial charge in [0.25, 0.3) is 0 Å². The maximum absolute atomic E-state index is 4.88. The lowest BCUT2D eigenvalue weighted by atomic mass is 9.93. The molecule has 1 aliphatic rings. The second kappa shape index (κ2) is 5.27. The van der Waals surface area contributed by atoms with Crippen LogP contribution in [0.25, 0.3) is 0 Å². The van der Waals surface area contributed by atoms with Crippen LogP contribution >= 0.6 is 11.3 Å². The summed E-state index contributed by atoms with van der Waals surface area (Å²) in [6, 6.07) is 0.457. The number of nitrogens with zero attached hydrogens (tertiary/aromatic N) is 3. The van der Waals surface area contributed by atoms with Crippen LogP contribution in [0.3, 0.4) is 0 Å². The summed E-state index contributed by atoms with van der Waals surface area (Å²) < 4.78 is 0. The van der Waals surface area contributed by atoms with Crippen molar-refractivity contribution in [1.29, 1.82) is 0 Å². The van der Waals surface area contributed by atoms with Crippen molar-refractivity contribution in [2.75, 3.05) is 33.7 Å². The Balaban J connectivity index is 2.21. The van der Waals surface area contributed by atoms with Gasteiger partial charge in [-0.1, -0.05) is 20.8 Å². The fourth-order valence-electron chi connectivity index (χ4n) is 2.32. The first-order valence-corrected chi connectivity index (χ1v) is 7.60. The Kier molecular flexibility index (Phi) is 4.09. The van der Waals surface area contributed by atoms with Gasteiger partial charge < -0.3 is 4.90 Å². The van der Waals surface area contributed by atoms with Crippen molar-refractivity contribution in [3.8, 4) is 0 Å². The van der Waals surface area contributed by atoms with E-state index in [9.17, 15) is 0 Å². The van der Waals surface area contributed by atoms with E-state index in [0.29, 0.717) is 6.04 Å². The van der Waals surface area contributed by atoms with E-state index in [1.807, 2.05) is 11.3 Å². The normalized spacial score (nSPS) is 24.2. The molecule has 2 rings (SSSR count). The van der Waals surface area contributed by atoms with Crippen molar-refractivity contribution < 1.29 is 0 Å². The zero-order valence-electron chi connectivity index (χ0n) is 12.2. The Hall–Kier alpha value is -0.450. The minimum Gasteiger partial charge on any atom is -0.304 e. The molecule has 1 unspecified atom stereocenters. The first kappa shape index (κ1) is 14.0. The maximum atomic E-state index is 4.88. The lowest BCUT2D eigenvalue weighted by Gasteiger charge is -2.25. The molecule has 18 heavy (non-hydrogen) atoms. The van der Waals surface area contributed by atoms with E-state index in [2.05, 4.69) is 50.0 Å². The van der Waals surface area contributed by atoms with E-state index in [4.69, 9.17) is 4.98 Å². The SMILES string of the molecule is CN1CCCN(C)C(c2nc(C(C)(C)C)cs2)C1. The molecule has 1 aromatic heterocycles. The quantitative estimate of drug-likeness (QED) is 0.780. The standard InChI is InChI=1S/C14H25N3S/c1-14(2,3)12-10-18-13(15-12)11-9-16(4)7-6-8-17(11)5/h10-11H,6-9H2,1-5H3. The van der Waals surface area contributed by atoms with E-state index >= 15 is 0 Å². The van der Waals surface area contributed by atoms with Gasteiger partial charge >= 0.3 is 0 Å². The molecule has 0 spiro atoms. The monoisotopic (exact) mass is 267 g/mol. The van der Waals surface area contributed by atoms with Gasteiger partial charge in [-0.2, -0.15) is 0 Å². The fourth-order valence-corrected chi connectivity index (χ4v) is 3.52. The highest BCUT2D eigenvalue weighted by atomic mass is 32.1. The van der Waals surface area contributed by atoms with Gasteiger partial charge in [-0.15, -0.1) is 11.3 Å². The average Bonchev–Trinajstić information content (AvgIpc) is 2.68. The predicted octanol–water partition coefficient (Wildman–Crippen LogP) is 2.75. The highest BCUT2D eigenvalue weighted by Crippen LogP contribution is 2.30. The average molecular weight is 267 g/mol. The van der Waals surface area contributed by atoms with Gasteiger partial charge in [0.1, 0.15) is 5.01 Å². The number of thiazole rings is 1. The Morgan fingerprint density at radius 3 is 2.61 bits per heavy atom. The summed E-state index contributed by atoms with van der Waals surface area (Å²) in [5.41, 5.74) is 1.38. The molecule has 1 aromatic rings. The summed E-state index contributed by atoms with van der Waals surface area (Å²) in [4.78, 5) is 9.76. The first-order valence-electron chi connectivity index (χ1n) is 6.72. The molecule has 0 amide bonds. The predicted molar refractivity (Wildman–Crippen MR) is 78.3 cm³/mol. The molecule has 0 radical (unpaired) electrons. The van der Waals surface area contributed by atoms with Crippen molar-refractivity contribution in [3.05, 3.63) is 16.1 Å². The van der Waals surface area contributed by atoms with E-state index < -0.39 is 0 Å². The third-order valence-electron chi connectivity index (χ3n) is 3.64. The third kappa shape index (κ3) is 3.11. The maximum Gasteiger partial charge on any atom is 0.111 e. The summed E-state index contributed by atoms with van der Waals surface area (Å²) in [6.45, 7) is 10.1. The molecule has 0 N–H and O–H groups in total. The zero-order valence-corrected chi connectivity index (χ0v) is 13.0. The first-order chi connectivity index (χ1) is 8.38. The van der Waals surface area contributed by atoms with Crippen LogP contribution < -0.4 is 0 Å². The van der Waals surface area contributed by atoms with Crippen LogP contribution in [0.4, 0.5) is 0 Å². The van der Waals surface area contributed by atoms with Crippen molar-refractivity contribution >= 4 is 11.3 Å². The molecule has 4 heteroatoms. The van der Waals surface area contributed by atoms with Crippen LogP contribution in [0.15, 0.2) is 5.38 Å². The number of rotatable bonds is 1. The molecule has 2 heterocycles. The number of hydrogen-bond acceptors (Lipinski definition) is 4. The molecule has 1 fully saturated rings. The van der Waals surface area contributed by atoms with Crippen LogP contribution in [0.1, 0.15) is 43.9 Å². The summed E-state index contributed by atoms with van der Waals surface area (Å²) in [5, 5.41) is 3.50. The molecule has 3 nitrogen and oxygen atoms in total. The van der Waals surface area contributed by atoms with Crippen molar-refractivity contribution in [2.45, 2.75) is 38.6 Å². The van der Waals surface area contributed by atoms with Crippen LogP contribution in [0, 0.1) is 0 Å². The van der Waals surface area contributed by atoms with E-state index in [-0.39, 0.29) is 5.41 Å². The molecule has 1 saturated heterocycles. The summed E-state index contributed by atoms with van der Waals surface area (Å²) in [7, 11) is 4.44. The second-order valence-corrected chi connectivity index (χ2v) is 7.32. The Bertz CT molecular complexity index is 394. The topological polar surface area (TPSA) is 19.4 Å². The lowest BCUT2D eigenvalue weighted by Crippen LogP contribution is -2.30. The van der Waals surface area contributed by atoms with Gasteiger partial charge in [-0.05, 0) is 33.6 Å². The van der Waals surface area contributed by atoms with Gasteiger partial charge in [-0.3, -0.25) is 4.90 Å². The van der Waals surface area contributed by atoms with Crippen LogP contribution in [-0.2, 0) is 5.41 Å². The van der Waals surface area contributed by atoms with Gasteiger partial charge in [0.15, 0.2) is 0 Å². The molecule has 1 aliphatic heterocycles. The largest absolute Gasteiger partial charge is 0.304 e. The fraction of sp³-hybridized carbons (Fsp3) is 0.786. The summed E-state index contributed by atoms with van der Waals surface area (Å²) in [5.74, 6) is 0. The highest BCUT2D eigenvalue weighted by molar-refractivity contribution is 7.09.